The number of likely N-dealkylation sites (tertiary alicyclic amines) is 1. The molecule has 3 aromatic heterocycles. The van der Waals surface area contributed by atoms with Crippen molar-refractivity contribution in [3.63, 3.8) is 0 Å². The molecule has 3 aromatic rings. The summed E-state index contributed by atoms with van der Waals surface area (Å²) in [5, 5.41) is 4.25. The number of aromatic nitrogens is 4. The van der Waals surface area contributed by atoms with Crippen LogP contribution < -0.4 is 5.73 Å². The molecular weight excluding hydrogens is 332 g/mol. The molecule has 8 nitrogen and oxygen atoms in total. The molecule has 0 bridgehead atoms. The van der Waals surface area contributed by atoms with Crippen molar-refractivity contribution in [3.8, 4) is 0 Å². The van der Waals surface area contributed by atoms with Gasteiger partial charge < -0.3 is 15.2 Å². The summed E-state index contributed by atoms with van der Waals surface area (Å²) in [4.78, 5) is 30.5. The topological polar surface area (TPSA) is 98.5 Å². The summed E-state index contributed by atoms with van der Waals surface area (Å²) >= 11 is 0. The van der Waals surface area contributed by atoms with E-state index in [2.05, 4.69) is 10.1 Å². The molecule has 0 aromatic carbocycles. The number of carbonyl (C=O) groups is 2. The van der Waals surface area contributed by atoms with Gasteiger partial charge in [0.25, 0.3) is 5.91 Å². The number of piperidine rings is 1. The van der Waals surface area contributed by atoms with E-state index < -0.39 is 5.91 Å². The van der Waals surface area contributed by atoms with E-state index >= 15 is 0 Å². The highest BCUT2D eigenvalue weighted by molar-refractivity contribution is 6.00. The van der Waals surface area contributed by atoms with Crippen molar-refractivity contribution in [1.29, 1.82) is 0 Å². The first kappa shape index (κ1) is 16.3. The van der Waals surface area contributed by atoms with E-state index in [1.54, 1.807) is 27.7 Å². The van der Waals surface area contributed by atoms with Crippen LogP contribution in [0.1, 0.15) is 34.9 Å². The van der Waals surface area contributed by atoms with Crippen molar-refractivity contribution in [3.05, 3.63) is 54.4 Å². The van der Waals surface area contributed by atoms with Gasteiger partial charge in [-0.3, -0.25) is 9.59 Å². The smallest absolute Gasteiger partial charge is 0.257 e. The monoisotopic (exact) mass is 352 g/mol. The van der Waals surface area contributed by atoms with Gasteiger partial charge in [0.15, 0.2) is 0 Å². The average Bonchev–Trinajstić information content (AvgIpc) is 3.27. The van der Waals surface area contributed by atoms with Gasteiger partial charge >= 0.3 is 0 Å². The summed E-state index contributed by atoms with van der Waals surface area (Å²) in [7, 11) is 0. The number of pyridine rings is 1. The van der Waals surface area contributed by atoms with E-state index in [1.165, 1.54) is 0 Å². The van der Waals surface area contributed by atoms with Gasteiger partial charge in [-0.25, -0.2) is 9.50 Å². The van der Waals surface area contributed by atoms with Crippen LogP contribution in [0.2, 0.25) is 0 Å². The fourth-order valence-corrected chi connectivity index (χ4v) is 3.62. The van der Waals surface area contributed by atoms with Gasteiger partial charge in [0.2, 0.25) is 5.91 Å². The second-order valence-electron chi connectivity index (χ2n) is 6.56. The Hall–Kier alpha value is -3.16. The summed E-state index contributed by atoms with van der Waals surface area (Å²) in [5.41, 5.74) is 6.72. The van der Waals surface area contributed by atoms with Gasteiger partial charge in [0.1, 0.15) is 12.4 Å². The van der Waals surface area contributed by atoms with E-state index in [4.69, 9.17) is 5.73 Å². The van der Waals surface area contributed by atoms with E-state index in [0.717, 1.165) is 24.2 Å². The minimum atomic E-state index is -0.403. The first-order valence-electron chi connectivity index (χ1n) is 8.64. The molecule has 0 saturated carbocycles. The summed E-state index contributed by atoms with van der Waals surface area (Å²) < 4.78 is 3.48. The van der Waals surface area contributed by atoms with E-state index in [-0.39, 0.29) is 18.4 Å². The lowest BCUT2D eigenvalue weighted by Gasteiger charge is -2.32. The molecule has 4 rings (SSSR count). The highest BCUT2D eigenvalue weighted by Gasteiger charge is 2.29. The van der Waals surface area contributed by atoms with Crippen LogP contribution in [-0.2, 0) is 11.3 Å². The molecule has 134 valence electrons. The molecule has 0 aliphatic carbocycles. The highest BCUT2D eigenvalue weighted by Crippen LogP contribution is 2.27. The maximum atomic E-state index is 13.0. The molecule has 1 atom stereocenters. The Morgan fingerprint density at radius 1 is 1.27 bits per heavy atom. The van der Waals surface area contributed by atoms with E-state index in [1.807, 2.05) is 29.3 Å². The van der Waals surface area contributed by atoms with Gasteiger partial charge in [0, 0.05) is 37.6 Å². The number of imidazole rings is 1. The molecule has 8 heteroatoms. The van der Waals surface area contributed by atoms with Gasteiger partial charge in [0.05, 0.1) is 17.3 Å². The molecule has 0 spiro atoms. The number of nitrogens with zero attached hydrogens (tertiary/aromatic N) is 5. The zero-order valence-corrected chi connectivity index (χ0v) is 14.3. The number of carbonyl (C=O) groups excluding carboxylic acids is 2. The Morgan fingerprint density at radius 2 is 2.15 bits per heavy atom. The lowest BCUT2D eigenvalue weighted by atomic mass is 9.96. The Labute approximate surface area is 150 Å². The van der Waals surface area contributed by atoms with Crippen molar-refractivity contribution in [2.45, 2.75) is 25.3 Å². The minimum Gasteiger partial charge on any atom is -0.368 e. The van der Waals surface area contributed by atoms with Crippen LogP contribution in [-0.4, -0.2) is 49.0 Å². The standard InChI is InChI=1S/C18H20N6O2/c19-16(25)12-22-9-6-20-17(22)13-4-3-7-23(11-13)18(26)14-10-21-24-8-2-1-5-15(14)24/h1-2,5-6,8-10,13H,3-4,7,11-12H2,(H2,19,25)/t13-/m0/s1. The summed E-state index contributed by atoms with van der Waals surface area (Å²) in [6.45, 7) is 1.38. The molecule has 2 amide bonds. The average molecular weight is 352 g/mol. The second-order valence-corrected chi connectivity index (χ2v) is 6.56. The molecule has 4 heterocycles. The van der Waals surface area contributed by atoms with E-state index in [9.17, 15) is 9.59 Å². The fourth-order valence-electron chi connectivity index (χ4n) is 3.62. The van der Waals surface area contributed by atoms with Crippen LogP contribution in [0.15, 0.2) is 43.0 Å². The number of hydrogen-bond acceptors (Lipinski definition) is 4. The Morgan fingerprint density at radius 3 is 3.00 bits per heavy atom. The summed E-state index contributed by atoms with van der Waals surface area (Å²) in [6, 6.07) is 5.67. The van der Waals surface area contributed by atoms with Crippen molar-refractivity contribution in [2.75, 3.05) is 13.1 Å². The van der Waals surface area contributed by atoms with Crippen molar-refractivity contribution in [1.82, 2.24) is 24.1 Å². The number of nitrogens with two attached hydrogens (primary N) is 1. The summed E-state index contributed by atoms with van der Waals surface area (Å²) in [6.07, 6.45) is 8.69. The number of rotatable bonds is 4. The molecule has 1 saturated heterocycles. The zero-order chi connectivity index (χ0) is 18.1. The second kappa shape index (κ2) is 6.62. The summed E-state index contributed by atoms with van der Waals surface area (Å²) in [5.74, 6) is 0.466. The number of primary amides is 1. The Balaban J connectivity index is 1.56. The van der Waals surface area contributed by atoms with Gasteiger partial charge in [-0.15, -0.1) is 0 Å². The van der Waals surface area contributed by atoms with Crippen LogP contribution in [0.3, 0.4) is 0 Å². The maximum Gasteiger partial charge on any atom is 0.257 e. The molecule has 1 aliphatic heterocycles. The lowest BCUT2D eigenvalue weighted by molar-refractivity contribution is -0.118. The predicted octanol–water partition coefficient (Wildman–Crippen LogP) is 1.04. The third-order valence-electron chi connectivity index (χ3n) is 4.80. The number of hydrogen-bond donors (Lipinski definition) is 1. The van der Waals surface area contributed by atoms with Crippen molar-refractivity contribution >= 4 is 17.3 Å². The lowest BCUT2D eigenvalue weighted by Crippen LogP contribution is -2.40. The zero-order valence-electron chi connectivity index (χ0n) is 14.3. The van der Waals surface area contributed by atoms with Crippen LogP contribution in [0.25, 0.3) is 5.52 Å². The maximum absolute atomic E-state index is 13.0. The van der Waals surface area contributed by atoms with E-state index in [0.29, 0.717) is 18.7 Å². The van der Waals surface area contributed by atoms with Crippen molar-refractivity contribution < 1.29 is 9.59 Å². The molecule has 1 aliphatic rings. The van der Waals surface area contributed by atoms with Crippen LogP contribution in [0.5, 0.6) is 0 Å². The Bertz CT molecular complexity index is 959. The molecule has 0 unspecified atom stereocenters. The largest absolute Gasteiger partial charge is 0.368 e. The molecular formula is C18H20N6O2. The molecule has 2 N–H and O–H groups in total. The van der Waals surface area contributed by atoms with Crippen LogP contribution in [0, 0.1) is 0 Å². The number of fused-ring (bicyclic) bond motifs is 1. The quantitative estimate of drug-likeness (QED) is 0.758. The molecule has 1 fully saturated rings. The Kier molecular flexibility index (Phi) is 4.16. The van der Waals surface area contributed by atoms with Gasteiger partial charge in [-0.2, -0.15) is 5.10 Å². The van der Waals surface area contributed by atoms with Gasteiger partial charge in [-0.05, 0) is 25.0 Å². The first-order valence-corrected chi connectivity index (χ1v) is 8.64. The SMILES string of the molecule is NC(=O)Cn1ccnc1[C@H]1CCCN(C(=O)c2cnn3ccccc23)C1. The number of amides is 2. The third-order valence-corrected chi connectivity index (χ3v) is 4.80. The molecule has 0 radical (unpaired) electrons. The third kappa shape index (κ3) is 2.94. The normalized spacial score (nSPS) is 17.5. The van der Waals surface area contributed by atoms with Crippen LogP contribution in [0.4, 0.5) is 0 Å². The van der Waals surface area contributed by atoms with Gasteiger partial charge in [-0.1, -0.05) is 6.07 Å². The fraction of sp³-hybridized carbons (Fsp3) is 0.333. The highest BCUT2D eigenvalue weighted by atomic mass is 16.2. The first-order chi connectivity index (χ1) is 12.6. The predicted molar refractivity (Wildman–Crippen MR) is 94.5 cm³/mol. The minimum absolute atomic E-state index is 0.0242. The van der Waals surface area contributed by atoms with Crippen LogP contribution >= 0.6 is 0 Å². The van der Waals surface area contributed by atoms with Crippen molar-refractivity contribution in [2.24, 2.45) is 5.73 Å². The molecule has 26 heavy (non-hydrogen) atoms.